The van der Waals surface area contributed by atoms with E-state index in [4.69, 9.17) is 0 Å². The molecule has 0 atom stereocenters. The number of rotatable bonds is 6. The molecule has 0 aliphatic rings. The van der Waals surface area contributed by atoms with Gasteiger partial charge < -0.3 is 5.32 Å². The van der Waals surface area contributed by atoms with Crippen LogP contribution < -0.4 is 5.32 Å². The van der Waals surface area contributed by atoms with Gasteiger partial charge in [0.1, 0.15) is 10.0 Å². The molecule has 0 spiro atoms. The minimum absolute atomic E-state index is 0.116. The molecule has 0 saturated carbocycles. The van der Waals surface area contributed by atoms with Crippen molar-refractivity contribution in [3.8, 4) is 10.6 Å². The van der Waals surface area contributed by atoms with Crippen LogP contribution in [0.5, 0.6) is 0 Å². The highest BCUT2D eigenvalue weighted by atomic mass is 32.1. The van der Waals surface area contributed by atoms with Crippen molar-refractivity contribution in [1.82, 2.24) is 15.5 Å². The summed E-state index contributed by atoms with van der Waals surface area (Å²) in [6.45, 7) is 10.9. The van der Waals surface area contributed by atoms with E-state index in [2.05, 4.69) is 67.5 Å². The van der Waals surface area contributed by atoms with Gasteiger partial charge in [0.15, 0.2) is 0 Å². The van der Waals surface area contributed by atoms with Crippen LogP contribution in [0.2, 0.25) is 0 Å². The Hall–Kier alpha value is -1.26. The molecule has 0 saturated heterocycles. The largest absolute Gasteiger partial charge is 0.316 e. The number of nitrogens with zero attached hydrogens (tertiary/aromatic N) is 2. The maximum atomic E-state index is 4.40. The molecule has 0 bridgehead atoms. The molecule has 2 aromatic rings. The summed E-state index contributed by atoms with van der Waals surface area (Å²) in [7, 11) is 0. The van der Waals surface area contributed by atoms with E-state index in [9.17, 15) is 0 Å². The predicted octanol–water partition coefficient (Wildman–Crippen LogP) is 4.04. The van der Waals surface area contributed by atoms with Crippen LogP contribution in [0.4, 0.5) is 0 Å². The SMILES string of the molecule is CCCNCCc1nnc(-c2ccccc2C(C)(C)C)s1. The molecule has 4 heteroatoms. The average Bonchev–Trinajstić information content (AvgIpc) is 2.91. The standard InChI is InChI=1S/C17H25N3S/c1-5-11-18-12-10-15-19-20-16(21-15)13-8-6-7-9-14(13)17(2,3)4/h6-9,18H,5,10-12H2,1-4H3. The van der Waals surface area contributed by atoms with Gasteiger partial charge in [0.05, 0.1) is 0 Å². The summed E-state index contributed by atoms with van der Waals surface area (Å²) in [6, 6.07) is 8.52. The van der Waals surface area contributed by atoms with Crippen LogP contribution in [0.3, 0.4) is 0 Å². The van der Waals surface area contributed by atoms with Gasteiger partial charge in [-0.1, -0.05) is 63.3 Å². The van der Waals surface area contributed by atoms with Crippen molar-refractivity contribution in [2.45, 2.75) is 46.0 Å². The van der Waals surface area contributed by atoms with Crippen molar-refractivity contribution in [3.63, 3.8) is 0 Å². The molecule has 0 amide bonds. The number of aromatic nitrogens is 2. The summed E-state index contributed by atoms with van der Waals surface area (Å²) in [4.78, 5) is 0. The molecule has 2 rings (SSSR count). The predicted molar refractivity (Wildman–Crippen MR) is 90.9 cm³/mol. The first kappa shape index (κ1) is 16.1. The second-order valence-electron chi connectivity index (χ2n) is 6.30. The first-order valence-electron chi connectivity index (χ1n) is 7.65. The van der Waals surface area contributed by atoms with Gasteiger partial charge >= 0.3 is 0 Å². The Morgan fingerprint density at radius 1 is 1.10 bits per heavy atom. The zero-order chi connectivity index (χ0) is 15.3. The fraction of sp³-hybridized carbons (Fsp3) is 0.529. The molecular weight excluding hydrogens is 278 g/mol. The zero-order valence-electron chi connectivity index (χ0n) is 13.4. The molecule has 114 valence electrons. The van der Waals surface area contributed by atoms with Crippen LogP contribution in [0.15, 0.2) is 24.3 Å². The van der Waals surface area contributed by atoms with Crippen molar-refractivity contribution in [3.05, 3.63) is 34.8 Å². The first-order chi connectivity index (χ1) is 10.0. The molecule has 0 fully saturated rings. The van der Waals surface area contributed by atoms with Crippen LogP contribution in [0.25, 0.3) is 10.6 Å². The quantitative estimate of drug-likeness (QED) is 0.818. The monoisotopic (exact) mass is 303 g/mol. The van der Waals surface area contributed by atoms with Crippen molar-refractivity contribution < 1.29 is 0 Å². The van der Waals surface area contributed by atoms with E-state index in [0.29, 0.717) is 0 Å². The summed E-state index contributed by atoms with van der Waals surface area (Å²) in [5.41, 5.74) is 2.66. The molecule has 0 aliphatic heterocycles. The van der Waals surface area contributed by atoms with Gasteiger partial charge in [-0.3, -0.25) is 0 Å². The van der Waals surface area contributed by atoms with Crippen LogP contribution >= 0.6 is 11.3 Å². The van der Waals surface area contributed by atoms with Gasteiger partial charge in [-0.2, -0.15) is 0 Å². The van der Waals surface area contributed by atoms with Crippen molar-refractivity contribution >= 4 is 11.3 Å². The first-order valence-corrected chi connectivity index (χ1v) is 8.47. The van der Waals surface area contributed by atoms with E-state index >= 15 is 0 Å². The molecule has 1 aromatic heterocycles. The third-order valence-electron chi connectivity index (χ3n) is 3.37. The van der Waals surface area contributed by atoms with Gasteiger partial charge in [0.25, 0.3) is 0 Å². The minimum atomic E-state index is 0.116. The lowest BCUT2D eigenvalue weighted by Gasteiger charge is -2.21. The Morgan fingerprint density at radius 2 is 1.86 bits per heavy atom. The van der Waals surface area contributed by atoms with Crippen molar-refractivity contribution in [2.75, 3.05) is 13.1 Å². The van der Waals surface area contributed by atoms with Crippen LogP contribution in [-0.4, -0.2) is 23.3 Å². The van der Waals surface area contributed by atoms with E-state index in [-0.39, 0.29) is 5.41 Å². The van der Waals surface area contributed by atoms with Gasteiger partial charge in [0, 0.05) is 18.5 Å². The maximum absolute atomic E-state index is 4.40. The number of benzene rings is 1. The van der Waals surface area contributed by atoms with E-state index in [1.807, 2.05) is 0 Å². The highest BCUT2D eigenvalue weighted by molar-refractivity contribution is 7.14. The lowest BCUT2D eigenvalue weighted by atomic mass is 9.84. The molecule has 1 N–H and O–H groups in total. The van der Waals surface area contributed by atoms with Crippen molar-refractivity contribution in [1.29, 1.82) is 0 Å². The summed E-state index contributed by atoms with van der Waals surface area (Å²) < 4.78 is 0. The fourth-order valence-electron chi connectivity index (χ4n) is 2.28. The van der Waals surface area contributed by atoms with Gasteiger partial charge in [0.2, 0.25) is 0 Å². The van der Waals surface area contributed by atoms with Gasteiger partial charge in [-0.25, -0.2) is 0 Å². The molecule has 1 aromatic carbocycles. The number of nitrogens with one attached hydrogen (secondary N) is 1. The molecule has 21 heavy (non-hydrogen) atoms. The third-order valence-corrected chi connectivity index (χ3v) is 4.39. The highest BCUT2D eigenvalue weighted by Crippen LogP contribution is 2.34. The van der Waals surface area contributed by atoms with Crippen LogP contribution in [0.1, 0.15) is 44.7 Å². The average molecular weight is 303 g/mol. The topological polar surface area (TPSA) is 37.8 Å². The Bertz CT molecular complexity index is 569. The zero-order valence-corrected chi connectivity index (χ0v) is 14.3. The summed E-state index contributed by atoms with van der Waals surface area (Å²) in [5, 5.41) is 14.3. The Kier molecular flexibility index (Phi) is 5.48. The number of hydrogen-bond donors (Lipinski definition) is 1. The lowest BCUT2D eigenvalue weighted by Crippen LogP contribution is -2.17. The minimum Gasteiger partial charge on any atom is -0.316 e. The maximum Gasteiger partial charge on any atom is 0.148 e. The second-order valence-corrected chi connectivity index (χ2v) is 7.36. The summed E-state index contributed by atoms with van der Waals surface area (Å²) >= 11 is 1.71. The lowest BCUT2D eigenvalue weighted by molar-refractivity contribution is 0.592. The molecule has 3 nitrogen and oxygen atoms in total. The van der Waals surface area contributed by atoms with E-state index < -0.39 is 0 Å². The highest BCUT2D eigenvalue weighted by Gasteiger charge is 2.20. The van der Waals surface area contributed by atoms with Crippen molar-refractivity contribution in [2.24, 2.45) is 0 Å². The molecule has 0 aliphatic carbocycles. The second kappa shape index (κ2) is 7.14. The third kappa shape index (κ3) is 4.35. The summed E-state index contributed by atoms with van der Waals surface area (Å²) in [5.74, 6) is 0. The molecule has 1 heterocycles. The Labute approximate surface area is 131 Å². The molecule has 0 unspecified atom stereocenters. The van der Waals surface area contributed by atoms with E-state index in [1.165, 1.54) is 17.5 Å². The fourth-order valence-corrected chi connectivity index (χ4v) is 3.16. The smallest absolute Gasteiger partial charge is 0.148 e. The van der Waals surface area contributed by atoms with Crippen LogP contribution in [-0.2, 0) is 11.8 Å². The normalized spacial score (nSPS) is 11.8. The van der Waals surface area contributed by atoms with E-state index in [0.717, 1.165) is 29.5 Å². The summed E-state index contributed by atoms with van der Waals surface area (Å²) in [6.07, 6.45) is 2.12. The Morgan fingerprint density at radius 3 is 2.57 bits per heavy atom. The van der Waals surface area contributed by atoms with E-state index in [1.54, 1.807) is 11.3 Å². The molecule has 0 radical (unpaired) electrons. The Balaban J connectivity index is 2.15. The van der Waals surface area contributed by atoms with Gasteiger partial charge in [-0.05, 0) is 23.9 Å². The molecular formula is C17H25N3S. The number of hydrogen-bond acceptors (Lipinski definition) is 4. The van der Waals surface area contributed by atoms with Crippen LogP contribution in [0, 0.1) is 0 Å². The van der Waals surface area contributed by atoms with Gasteiger partial charge in [-0.15, -0.1) is 10.2 Å².